The van der Waals surface area contributed by atoms with E-state index in [2.05, 4.69) is 15.6 Å². The molecule has 1 aromatic heterocycles. The molecular formula is C20H23FN4O2. The van der Waals surface area contributed by atoms with Crippen molar-refractivity contribution in [2.75, 3.05) is 13.1 Å². The summed E-state index contributed by atoms with van der Waals surface area (Å²) in [5.41, 5.74) is -0.0821. The maximum Gasteiger partial charge on any atom is 0.317 e. The minimum Gasteiger partial charge on any atom is -0.349 e. The van der Waals surface area contributed by atoms with Crippen molar-refractivity contribution < 1.29 is 14.0 Å². The van der Waals surface area contributed by atoms with Crippen molar-refractivity contribution in [1.29, 1.82) is 0 Å². The molecule has 3 rings (SSSR count). The Morgan fingerprint density at radius 1 is 0.963 bits per heavy atom. The van der Waals surface area contributed by atoms with Crippen molar-refractivity contribution in [2.24, 2.45) is 0 Å². The fraction of sp³-hybridized carbons (Fsp3) is 0.350. The third kappa shape index (κ3) is 5.03. The number of rotatable bonds is 5. The molecule has 1 aliphatic heterocycles. The number of carbonyl (C=O) groups is 2. The molecule has 2 N–H and O–H groups in total. The van der Waals surface area contributed by atoms with E-state index in [4.69, 9.17) is 0 Å². The number of aromatic nitrogens is 1. The number of alkyl halides is 1. The van der Waals surface area contributed by atoms with E-state index >= 15 is 0 Å². The minimum absolute atomic E-state index is 0.00602. The summed E-state index contributed by atoms with van der Waals surface area (Å²) < 4.78 is 15.0. The van der Waals surface area contributed by atoms with Gasteiger partial charge in [-0.15, -0.1) is 0 Å². The van der Waals surface area contributed by atoms with Crippen LogP contribution in [-0.2, 0) is 17.9 Å². The van der Waals surface area contributed by atoms with Gasteiger partial charge in [-0.05, 0) is 23.3 Å². The highest BCUT2D eigenvalue weighted by molar-refractivity contribution is 5.85. The fourth-order valence-corrected chi connectivity index (χ4v) is 3.02. The first-order valence-corrected chi connectivity index (χ1v) is 9.00. The Bertz CT molecular complexity index is 762. The molecule has 0 saturated carbocycles. The second-order valence-corrected chi connectivity index (χ2v) is 6.63. The van der Waals surface area contributed by atoms with Crippen LogP contribution in [0.5, 0.6) is 0 Å². The third-order valence-electron chi connectivity index (χ3n) is 4.74. The highest BCUT2D eigenvalue weighted by Crippen LogP contribution is 2.27. The molecule has 7 heteroatoms. The predicted octanol–water partition coefficient (Wildman–Crippen LogP) is 2.41. The van der Waals surface area contributed by atoms with E-state index in [9.17, 15) is 14.0 Å². The Kier molecular flexibility index (Phi) is 6.01. The number of piperidine rings is 1. The van der Waals surface area contributed by atoms with E-state index in [1.54, 1.807) is 29.4 Å². The van der Waals surface area contributed by atoms with Crippen LogP contribution in [0, 0.1) is 0 Å². The molecule has 27 heavy (non-hydrogen) atoms. The predicted molar refractivity (Wildman–Crippen MR) is 99.4 cm³/mol. The maximum atomic E-state index is 15.0. The first-order chi connectivity index (χ1) is 13.1. The average Bonchev–Trinajstić information content (AvgIpc) is 2.72. The zero-order valence-corrected chi connectivity index (χ0v) is 15.0. The SMILES string of the molecule is O=C(NCc1ccccc1)N1CCC(F)(C(=O)NCc2ccncc2)CC1. The van der Waals surface area contributed by atoms with E-state index in [0.717, 1.165) is 11.1 Å². The lowest BCUT2D eigenvalue weighted by molar-refractivity contribution is -0.135. The second-order valence-electron chi connectivity index (χ2n) is 6.63. The number of hydrogen-bond acceptors (Lipinski definition) is 3. The number of pyridine rings is 1. The van der Waals surface area contributed by atoms with Crippen molar-refractivity contribution >= 4 is 11.9 Å². The molecule has 1 aliphatic rings. The maximum absolute atomic E-state index is 15.0. The van der Waals surface area contributed by atoms with Crippen LogP contribution in [-0.4, -0.2) is 40.6 Å². The Morgan fingerprint density at radius 3 is 2.22 bits per heavy atom. The highest BCUT2D eigenvalue weighted by atomic mass is 19.1. The Morgan fingerprint density at radius 2 is 1.56 bits per heavy atom. The largest absolute Gasteiger partial charge is 0.349 e. The summed E-state index contributed by atoms with van der Waals surface area (Å²) in [6, 6.07) is 12.9. The molecule has 1 fully saturated rings. The van der Waals surface area contributed by atoms with E-state index in [1.807, 2.05) is 30.3 Å². The standard InChI is InChI=1S/C20H23FN4O2/c21-20(18(26)23-14-17-6-10-22-11-7-17)8-12-25(13-9-20)19(27)24-15-16-4-2-1-3-5-16/h1-7,10-11H,8-9,12-15H2,(H,23,26)(H,24,27). The smallest absolute Gasteiger partial charge is 0.317 e. The van der Waals surface area contributed by atoms with Crippen molar-refractivity contribution in [2.45, 2.75) is 31.6 Å². The van der Waals surface area contributed by atoms with Gasteiger partial charge in [0, 0.05) is 51.4 Å². The molecule has 0 aliphatic carbocycles. The summed E-state index contributed by atoms with van der Waals surface area (Å²) in [6.07, 6.45) is 3.24. The van der Waals surface area contributed by atoms with Crippen LogP contribution in [0.4, 0.5) is 9.18 Å². The molecular weight excluding hydrogens is 347 g/mol. The normalized spacial score (nSPS) is 15.8. The Labute approximate surface area is 157 Å². The average molecular weight is 370 g/mol. The van der Waals surface area contributed by atoms with Crippen molar-refractivity contribution in [3.8, 4) is 0 Å². The molecule has 3 amide bonds. The van der Waals surface area contributed by atoms with Crippen molar-refractivity contribution in [3.05, 3.63) is 66.0 Å². The van der Waals surface area contributed by atoms with Gasteiger partial charge >= 0.3 is 6.03 Å². The number of nitrogens with zero attached hydrogens (tertiary/aromatic N) is 2. The number of likely N-dealkylation sites (tertiary alicyclic amines) is 1. The van der Waals surface area contributed by atoms with E-state index in [1.165, 1.54) is 0 Å². The van der Waals surface area contributed by atoms with Crippen LogP contribution in [0.3, 0.4) is 0 Å². The second kappa shape index (κ2) is 8.62. The Hall–Kier alpha value is -2.96. The third-order valence-corrected chi connectivity index (χ3v) is 4.74. The number of benzene rings is 1. The van der Waals surface area contributed by atoms with Gasteiger partial charge in [0.2, 0.25) is 0 Å². The van der Waals surface area contributed by atoms with E-state index in [0.29, 0.717) is 6.54 Å². The van der Waals surface area contributed by atoms with Crippen molar-refractivity contribution in [3.63, 3.8) is 0 Å². The molecule has 1 aromatic carbocycles. The number of halogens is 1. The summed E-state index contributed by atoms with van der Waals surface area (Å²) in [5, 5.41) is 5.47. The topological polar surface area (TPSA) is 74.3 Å². The van der Waals surface area contributed by atoms with Crippen LogP contribution in [0.2, 0.25) is 0 Å². The van der Waals surface area contributed by atoms with Gasteiger partial charge in [0.1, 0.15) is 0 Å². The van der Waals surface area contributed by atoms with Gasteiger partial charge in [-0.25, -0.2) is 9.18 Å². The molecule has 6 nitrogen and oxygen atoms in total. The van der Waals surface area contributed by atoms with E-state index < -0.39 is 11.6 Å². The molecule has 2 heterocycles. The monoisotopic (exact) mass is 370 g/mol. The van der Waals surface area contributed by atoms with Gasteiger partial charge in [-0.1, -0.05) is 30.3 Å². The number of amides is 3. The van der Waals surface area contributed by atoms with Crippen LogP contribution < -0.4 is 10.6 Å². The molecule has 0 spiro atoms. The van der Waals surface area contributed by atoms with Crippen LogP contribution in [0.15, 0.2) is 54.9 Å². The van der Waals surface area contributed by atoms with Gasteiger partial charge in [0.05, 0.1) is 0 Å². The molecule has 142 valence electrons. The van der Waals surface area contributed by atoms with Gasteiger partial charge in [0.15, 0.2) is 5.67 Å². The Balaban J connectivity index is 1.45. The van der Waals surface area contributed by atoms with Gasteiger partial charge < -0.3 is 15.5 Å². The van der Waals surface area contributed by atoms with Crippen LogP contribution >= 0.6 is 0 Å². The number of hydrogen-bond donors (Lipinski definition) is 2. The quantitative estimate of drug-likeness (QED) is 0.849. The zero-order chi connectivity index (χ0) is 19.1. The van der Waals surface area contributed by atoms with Crippen molar-refractivity contribution in [1.82, 2.24) is 20.5 Å². The van der Waals surface area contributed by atoms with Gasteiger partial charge in [-0.3, -0.25) is 9.78 Å². The highest BCUT2D eigenvalue weighted by Gasteiger charge is 2.42. The summed E-state index contributed by atoms with van der Waals surface area (Å²) in [4.78, 5) is 30.0. The summed E-state index contributed by atoms with van der Waals surface area (Å²) in [6.45, 7) is 1.09. The lowest BCUT2D eigenvalue weighted by Gasteiger charge is -2.35. The first kappa shape index (κ1) is 18.8. The molecule has 0 atom stereocenters. The van der Waals surface area contributed by atoms with Crippen LogP contribution in [0.25, 0.3) is 0 Å². The summed E-state index contributed by atoms with van der Waals surface area (Å²) in [5.74, 6) is -0.622. The van der Waals surface area contributed by atoms with Gasteiger partial charge in [-0.2, -0.15) is 0 Å². The molecule has 0 radical (unpaired) electrons. The molecule has 2 aromatic rings. The number of nitrogens with one attached hydrogen (secondary N) is 2. The lowest BCUT2D eigenvalue weighted by atomic mass is 9.92. The summed E-state index contributed by atoms with van der Waals surface area (Å²) >= 11 is 0. The molecule has 0 unspecified atom stereocenters. The number of carbonyl (C=O) groups excluding carboxylic acids is 2. The molecule has 1 saturated heterocycles. The minimum atomic E-state index is -1.94. The first-order valence-electron chi connectivity index (χ1n) is 9.00. The zero-order valence-electron chi connectivity index (χ0n) is 15.0. The van der Waals surface area contributed by atoms with Gasteiger partial charge in [0.25, 0.3) is 5.91 Å². The fourth-order valence-electron chi connectivity index (χ4n) is 3.02. The lowest BCUT2D eigenvalue weighted by Crippen LogP contribution is -2.53. The number of urea groups is 1. The van der Waals surface area contributed by atoms with Crippen LogP contribution in [0.1, 0.15) is 24.0 Å². The molecule has 0 bridgehead atoms. The summed E-state index contributed by atoms with van der Waals surface area (Å²) in [7, 11) is 0. The van der Waals surface area contributed by atoms with E-state index in [-0.39, 0.29) is 38.5 Å².